The van der Waals surface area contributed by atoms with Crippen LogP contribution < -0.4 is 0 Å². The minimum Gasteiger partial charge on any atom is -0.303 e. The largest absolute Gasteiger partial charge is 0.303 e. The lowest BCUT2D eigenvalue weighted by Crippen LogP contribution is -2.40. The van der Waals surface area contributed by atoms with E-state index in [9.17, 15) is 9.59 Å². The maximum Gasteiger partial charge on any atom is 0.229 e. The number of amides is 2. The molecule has 0 aromatic rings. The zero-order valence-corrected chi connectivity index (χ0v) is 11.2. The molecule has 0 aliphatic carbocycles. The zero-order chi connectivity index (χ0) is 12.8. The molecular weight excluding hydrogens is 228 g/mol. The normalized spacial score (nSPS) is 22.6. The summed E-state index contributed by atoms with van der Waals surface area (Å²) >= 11 is 0. The molecule has 0 bridgehead atoms. The first kappa shape index (κ1) is 13.5. The number of carbonyl (C=O) groups is 2. The monoisotopic (exact) mass is 252 g/mol. The van der Waals surface area contributed by atoms with Gasteiger partial charge in [-0.2, -0.15) is 0 Å². The topological polar surface area (TPSA) is 40.6 Å². The molecule has 2 fully saturated rings. The summed E-state index contributed by atoms with van der Waals surface area (Å²) in [6.45, 7) is 4.20. The third kappa shape index (κ3) is 3.80. The molecule has 2 aliphatic rings. The third-order valence-electron chi connectivity index (χ3n) is 3.94. The van der Waals surface area contributed by atoms with Gasteiger partial charge in [-0.05, 0) is 51.7 Å². The minimum atomic E-state index is 0.0317. The van der Waals surface area contributed by atoms with E-state index in [0.29, 0.717) is 19.4 Å². The van der Waals surface area contributed by atoms with Crippen molar-refractivity contribution >= 4 is 11.8 Å². The Morgan fingerprint density at radius 1 is 0.778 bits per heavy atom. The van der Waals surface area contributed by atoms with Crippen molar-refractivity contribution in [3.8, 4) is 0 Å². The summed E-state index contributed by atoms with van der Waals surface area (Å²) in [6.07, 6.45) is 7.90. The molecule has 0 aromatic carbocycles. The van der Waals surface area contributed by atoms with Crippen LogP contribution in [0.15, 0.2) is 0 Å². The SMILES string of the molecule is O=C1CCCC(=O)N1CCCCN1CCCCC1. The van der Waals surface area contributed by atoms with Gasteiger partial charge in [0.2, 0.25) is 11.8 Å². The van der Waals surface area contributed by atoms with E-state index in [-0.39, 0.29) is 11.8 Å². The van der Waals surface area contributed by atoms with Crippen molar-refractivity contribution in [2.45, 2.75) is 51.4 Å². The molecule has 0 N–H and O–H groups in total. The fraction of sp³-hybridized carbons (Fsp3) is 0.857. The van der Waals surface area contributed by atoms with Gasteiger partial charge in [0.15, 0.2) is 0 Å². The van der Waals surface area contributed by atoms with E-state index in [1.54, 1.807) is 0 Å². The molecule has 102 valence electrons. The predicted molar refractivity (Wildman–Crippen MR) is 70.1 cm³/mol. The number of unbranched alkanes of at least 4 members (excludes halogenated alkanes) is 1. The number of carbonyl (C=O) groups excluding carboxylic acids is 2. The molecule has 0 radical (unpaired) electrons. The highest BCUT2D eigenvalue weighted by molar-refractivity contribution is 5.97. The van der Waals surface area contributed by atoms with E-state index in [1.807, 2.05) is 0 Å². The summed E-state index contributed by atoms with van der Waals surface area (Å²) < 4.78 is 0. The Hall–Kier alpha value is -0.900. The van der Waals surface area contributed by atoms with E-state index in [4.69, 9.17) is 0 Å². The van der Waals surface area contributed by atoms with E-state index in [0.717, 1.165) is 25.8 Å². The fourth-order valence-electron chi connectivity index (χ4n) is 2.84. The molecule has 0 saturated carbocycles. The second kappa shape index (κ2) is 6.88. The molecule has 2 aliphatic heterocycles. The first-order chi connectivity index (χ1) is 8.77. The van der Waals surface area contributed by atoms with Gasteiger partial charge in [0, 0.05) is 19.4 Å². The molecule has 4 nitrogen and oxygen atoms in total. The van der Waals surface area contributed by atoms with Gasteiger partial charge in [-0.25, -0.2) is 0 Å². The van der Waals surface area contributed by atoms with Crippen molar-refractivity contribution in [3.05, 3.63) is 0 Å². The first-order valence-corrected chi connectivity index (χ1v) is 7.33. The summed E-state index contributed by atoms with van der Waals surface area (Å²) in [5, 5.41) is 0. The summed E-state index contributed by atoms with van der Waals surface area (Å²) in [5.74, 6) is 0.0634. The Balaban J connectivity index is 1.62. The average molecular weight is 252 g/mol. The van der Waals surface area contributed by atoms with Crippen LogP contribution >= 0.6 is 0 Å². The summed E-state index contributed by atoms with van der Waals surface area (Å²) in [6, 6.07) is 0. The number of nitrogens with zero attached hydrogens (tertiary/aromatic N) is 2. The lowest BCUT2D eigenvalue weighted by molar-refractivity contribution is -0.148. The number of likely N-dealkylation sites (tertiary alicyclic amines) is 2. The molecule has 18 heavy (non-hydrogen) atoms. The molecule has 0 unspecified atom stereocenters. The number of imide groups is 1. The van der Waals surface area contributed by atoms with E-state index in [2.05, 4.69) is 4.90 Å². The van der Waals surface area contributed by atoms with Gasteiger partial charge in [-0.3, -0.25) is 14.5 Å². The zero-order valence-electron chi connectivity index (χ0n) is 11.2. The van der Waals surface area contributed by atoms with Crippen molar-refractivity contribution < 1.29 is 9.59 Å². The highest BCUT2D eigenvalue weighted by atomic mass is 16.2. The Labute approximate surface area is 109 Å². The molecule has 2 rings (SSSR count). The van der Waals surface area contributed by atoms with Gasteiger partial charge in [0.1, 0.15) is 0 Å². The van der Waals surface area contributed by atoms with Crippen LogP contribution in [-0.4, -0.2) is 47.8 Å². The molecule has 0 spiro atoms. The Kier molecular flexibility index (Phi) is 5.17. The highest BCUT2D eigenvalue weighted by Gasteiger charge is 2.24. The smallest absolute Gasteiger partial charge is 0.229 e. The summed E-state index contributed by atoms with van der Waals surface area (Å²) in [7, 11) is 0. The maximum atomic E-state index is 11.6. The quantitative estimate of drug-likeness (QED) is 0.553. The van der Waals surface area contributed by atoms with Crippen molar-refractivity contribution in [2.75, 3.05) is 26.2 Å². The lowest BCUT2D eigenvalue weighted by atomic mass is 10.1. The standard InChI is InChI=1S/C14H24N2O2/c17-13-7-6-8-14(18)16(13)12-5-4-11-15-9-2-1-3-10-15/h1-12H2. The van der Waals surface area contributed by atoms with Gasteiger partial charge in [0.25, 0.3) is 0 Å². The Morgan fingerprint density at radius 3 is 2.06 bits per heavy atom. The van der Waals surface area contributed by atoms with Crippen LogP contribution in [0.5, 0.6) is 0 Å². The van der Waals surface area contributed by atoms with Gasteiger partial charge < -0.3 is 4.90 Å². The van der Waals surface area contributed by atoms with Crippen LogP contribution in [0, 0.1) is 0 Å². The second-order valence-electron chi connectivity index (χ2n) is 5.40. The van der Waals surface area contributed by atoms with Gasteiger partial charge >= 0.3 is 0 Å². The van der Waals surface area contributed by atoms with Crippen LogP contribution in [0.3, 0.4) is 0 Å². The van der Waals surface area contributed by atoms with E-state index >= 15 is 0 Å². The van der Waals surface area contributed by atoms with Crippen molar-refractivity contribution in [3.63, 3.8) is 0 Å². The molecule has 2 heterocycles. The van der Waals surface area contributed by atoms with Crippen LogP contribution in [0.25, 0.3) is 0 Å². The van der Waals surface area contributed by atoms with E-state index in [1.165, 1.54) is 37.3 Å². The number of piperidine rings is 2. The molecule has 2 saturated heterocycles. The maximum absolute atomic E-state index is 11.6. The Morgan fingerprint density at radius 2 is 1.39 bits per heavy atom. The van der Waals surface area contributed by atoms with Crippen LogP contribution in [0.1, 0.15) is 51.4 Å². The molecular formula is C14H24N2O2. The number of hydrogen-bond donors (Lipinski definition) is 0. The van der Waals surface area contributed by atoms with Crippen molar-refractivity contribution in [2.24, 2.45) is 0 Å². The lowest BCUT2D eigenvalue weighted by Gasteiger charge is -2.27. The summed E-state index contributed by atoms with van der Waals surface area (Å²) in [5.41, 5.74) is 0. The van der Waals surface area contributed by atoms with Crippen LogP contribution in [0.4, 0.5) is 0 Å². The van der Waals surface area contributed by atoms with Gasteiger partial charge in [-0.15, -0.1) is 0 Å². The van der Waals surface area contributed by atoms with Crippen LogP contribution in [-0.2, 0) is 9.59 Å². The summed E-state index contributed by atoms with van der Waals surface area (Å²) in [4.78, 5) is 27.2. The minimum absolute atomic E-state index is 0.0317. The van der Waals surface area contributed by atoms with Gasteiger partial charge in [-0.1, -0.05) is 6.42 Å². The van der Waals surface area contributed by atoms with Crippen LogP contribution in [0.2, 0.25) is 0 Å². The Bertz CT molecular complexity index is 282. The molecule has 0 atom stereocenters. The number of hydrogen-bond acceptors (Lipinski definition) is 3. The molecule has 0 aromatic heterocycles. The first-order valence-electron chi connectivity index (χ1n) is 7.33. The fourth-order valence-corrected chi connectivity index (χ4v) is 2.84. The molecule has 2 amide bonds. The van der Waals surface area contributed by atoms with Gasteiger partial charge in [0.05, 0.1) is 0 Å². The van der Waals surface area contributed by atoms with Crippen molar-refractivity contribution in [1.82, 2.24) is 9.80 Å². The third-order valence-corrected chi connectivity index (χ3v) is 3.94. The van der Waals surface area contributed by atoms with Crippen molar-refractivity contribution in [1.29, 1.82) is 0 Å². The molecule has 4 heteroatoms. The second-order valence-corrected chi connectivity index (χ2v) is 5.40. The predicted octanol–water partition coefficient (Wildman–Crippen LogP) is 1.79. The highest BCUT2D eigenvalue weighted by Crippen LogP contribution is 2.14. The van der Waals surface area contributed by atoms with E-state index < -0.39 is 0 Å². The number of rotatable bonds is 5. The average Bonchev–Trinajstić information content (AvgIpc) is 2.38.